The Bertz CT molecular complexity index is 265. The number of rotatable bonds is 6. The van der Waals surface area contributed by atoms with Crippen molar-refractivity contribution in [3.05, 3.63) is 0 Å². The molecule has 0 bridgehead atoms. The van der Waals surface area contributed by atoms with Crippen molar-refractivity contribution in [2.24, 2.45) is 11.3 Å². The molecule has 2 aliphatic rings. The Morgan fingerprint density at radius 2 is 2.00 bits per heavy atom. The Morgan fingerprint density at radius 1 is 1.26 bits per heavy atom. The zero-order valence-corrected chi connectivity index (χ0v) is 13.5. The molecule has 0 aromatic carbocycles. The minimum Gasteiger partial charge on any atom is -0.311 e. The summed E-state index contributed by atoms with van der Waals surface area (Å²) in [5, 5.41) is 3.78. The minimum absolute atomic E-state index is 0.674. The van der Waals surface area contributed by atoms with Crippen LogP contribution in [0.2, 0.25) is 0 Å². The van der Waals surface area contributed by atoms with Gasteiger partial charge in [0.05, 0.1) is 0 Å². The smallest absolute Gasteiger partial charge is 0.0219 e. The third-order valence-electron chi connectivity index (χ3n) is 5.54. The van der Waals surface area contributed by atoms with Gasteiger partial charge in [0.2, 0.25) is 0 Å². The van der Waals surface area contributed by atoms with Crippen molar-refractivity contribution in [3.8, 4) is 0 Å². The average molecular weight is 266 g/mol. The second kappa shape index (κ2) is 6.58. The maximum Gasteiger partial charge on any atom is 0.0219 e. The molecule has 19 heavy (non-hydrogen) atoms. The average Bonchev–Trinajstić information content (AvgIpc) is 2.33. The van der Waals surface area contributed by atoms with Crippen LogP contribution in [0.4, 0.5) is 0 Å². The summed E-state index contributed by atoms with van der Waals surface area (Å²) >= 11 is 0. The number of nitrogens with zero attached hydrogens (tertiary/aromatic N) is 1. The SMILES string of the molecule is CCC1CNC(CC(C)C)CN1CC1(CC)CCC1. The summed E-state index contributed by atoms with van der Waals surface area (Å²) in [6.07, 6.45) is 8.40. The van der Waals surface area contributed by atoms with Crippen LogP contribution in [0, 0.1) is 11.3 Å². The minimum atomic E-state index is 0.674. The van der Waals surface area contributed by atoms with E-state index in [1.54, 1.807) is 0 Å². The Balaban J connectivity index is 1.93. The van der Waals surface area contributed by atoms with Crippen LogP contribution < -0.4 is 5.32 Å². The standard InChI is InChI=1S/C17H34N2/c1-5-16-11-18-15(10-14(3)4)12-19(16)13-17(6-2)8-7-9-17/h14-16,18H,5-13H2,1-4H3. The van der Waals surface area contributed by atoms with Gasteiger partial charge < -0.3 is 5.32 Å². The molecule has 2 nitrogen and oxygen atoms in total. The molecule has 2 heteroatoms. The van der Waals surface area contributed by atoms with Gasteiger partial charge in [-0.2, -0.15) is 0 Å². The molecule has 1 aliphatic carbocycles. The fourth-order valence-electron chi connectivity index (χ4n) is 3.98. The predicted molar refractivity (Wildman–Crippen MR) is 83.5 cm³/mol. The van der Waals surface area contributed by atoms with E-state index in [9.17, 15) is 0 Å². The van der Waals surface area contributed by atoms with Gasteiger partial charge in [-0.05, 0) is 43.4 Å². The number of piperazine rings is 1. The van der Waals surface area contributed by atoms with Crippen molar-refractivity contribution in [3.63, 3.8) is 0 Å². The molecule has 1 heterocycles. The lowest BCUT2D eigenvalue weighted by atomic mass is 9.66. The van der Waals surface area contributed by atoms with Crippen LogP contribution in [0.1, 0.15) is 66.2 Å². The Hall–Kier alpha value is -0.0800. The maximum absolute atomic E-state index is 3.78. The predicted octanol–water partition coefficient (Wildman–Crippen LogP) is 3.67. The summed E-state index contributed by atoms with van der Waals surface area (Å²) < 4.78 is 0. The first-order valence-corrected chi connectivity index (χ1v) is 8.56. The highest BCUT2D eigenvalue weighted by molar-refractivity contribution is 4.94. The van der Waals surface area contributed by atoms with E-state index in [0.717, 1.165) is 18.0 Å². The van der Waals surface area contributed by atoms with Crippen LogP contribution in [0.15, 0.2) is 0 Å². The highest BCUT2D eigenvalue weighted by Crippen LogP contribution is 2.44. The molecular weight excluding hydrogens is 232 g/mol. The molecule has 2 rings (SSSR count). The zero-order valence-electron chi connectivity index (χ0n) is 13.5. The van der Waals surface area contributed by atoms with Crippen LogP contribution in [-0.4, -0.2) is 36.6 Å². The summed E-state index contributed by atoms with van der Waals surface area (Å²) in [6, 6.07) is 1.49. The van der Waals surface area contributed by atoms with Crippen LogP contribution in [0.25, 0.3) is 0 Å². The monoisotopic (exact) mass is 266 g/mol. The fraction of sp³-hybridized carbons (Fsp3) is 1.00. The first kappa shape index (κ1) is 15.3. The molecule has 2 fully saturated rings. The molecule has 0 amide bonds. The molecule has 2 unspecified atom stereocenters. The van der Waals surface area contributed by atoms with Gasteiger partial charge in [0.15, 0.2) is 0 Å². The Kier molecular flexibility index (Phi) is 5.30. The van der Waals surface area contributed by atoms with Crippen molar-refractivity contribution < 1.29 is 0 Å². The van der Waals surface area contributed by atoms with Crippen molar-refractivity contribution >= 4 is 0 Å². The quantitative estimate of drug-likeness (QED) is 0.789. The van der Waals surface area contributed by atoms with Gasteiger partial charge in [-0.1, -0.05) is 34.1 Å². The van der Waals surface area contributed by atoms with E-state index < -0.39 is 0 Å². The summed E-state index contributed by atoms with van der Waals surface area (Å²) in [4.78, 5) is 2.83. The van der Waals surface area contributed by atoms with E-state index in [1.165, 1.54) is 58.2 Å². The van der Waals surface area contributed by atoms with Crippen molar-refractivity contribution in [1.82, 2.24) is 10.2 Å². The second-order valence-electron chi connectivity index (χ2n) is 7.43. The molecule has 1 saturated carbocycles. The lowest BCUT2D eigenvalue weighted by Gasteiger charge is -2.49. The van der Waals surface area contributed by atoms with Crippen molar-refractivity contribution in [1.29, 1.82) is 0 Å². The number of hydrogen-bond acceptors (Lipinski definition) is 2. The summed E-state index contributed by atoms with van der Waals surface area (Å²) in [5.41, 5.74) is 0.674. The van der Waals surface area contributed by atoms with E-state index in [-0.39, 0.29) is 0 Å². The van der Waals surface area contributed by atoms with Gasteiger partial charge in [-0.15, -0.1) is 0 Å². The summed E-state index contributed by atoms with van der Waals surface area (Å²) in [7, 11) is 0. The van der Waals surface area contributed by atoms with Gasteiger partial charge in [-0.25, -0.2) is 0 Å². The summed E-state index contributed by atoms with van der Waals surface area (Å²) in [6.45, 7) is 13.3. The zero-order chi connectivity index (χ0) is 13.9. The van der Waals surface area contributed by atoms with Gasteiger partial charge in [0.1, 0.15) is 0 Å². The van der Waals surface area contributed by atoms with Gasteiger partial charge >= 0.3 is 0 Å². The first-order valence-electron chi connectivity index (χ1n) is 8.56. The molecule has 1 aliphatic heterocycles. The normalized spacial score (nSPS) is 31.4. The molecule has 1 saturated heterocycles. The van der Waals surface area contributed by atoms with E-state index in [1.807, 2.05) is 0 Å². The van der Waals surface area contributed by atoms with Crippen molar-refractivity contribution in [2.75, 3.05) is 19.6 Å². The van der Waals surface area contributed by atoms with E-state index >= 15 is 0 Å². The second-order valence-corrected chi connectivity index (χ2v) is 7.43. The number of nitrogens with one attached hydrogen (secondary N) is 1. The summed E-state index contributed by atoms with van der Waals surface area (Å²) in [5.74, 6) is 0.807. The van der Waals surface area contributed by atoms with Crippen LogP contribution in [0.3, 0.4) is 0 Å². The highest BCUT2D eigenvalue weighted by Gasteiger charge is 2.39. The molecule has 0 aromatic rings. The highest BCUT2D eigenvalue weighted by atomic mass is 15.2. The molecule has 1 N–H and O–H groups in total. The topological polar surface area (TPSA) is 15.3 Å². The van der Waals surface area contributed by atoms with Gasteiger partial charge in [0.25, 0.3) is 0 Å². The third-order valence-corrected chi connectivity index (χ3v) is 5.54. The van der Waals surface area contributed by atoms with Crippen molar-refractivity contribution in [2.45, 2.75) is 78.3 Å². The largest absolute Gasteiger partial charge is 0.311 e. The molecule has 2 atom stereocenters. The first-order chi connectivity index (χ1) is 9.08. The van der Waals surface area contributed by atoms with Gasteiger partial charge in [-0.3, -0.25) is 4.90 Å². The van der Waals surface area contributed by atoms with E-state index in [2.05, 4.69) is 37.9 Å². The lowest BCUT2D eigenvalue weighted by molar-refractivity contribution is 0.0177. The van der Waals surface area contributed by atoms with Crippen LogP contribution in [-0.2, 0) is 0 Å². The Labute approximate surface area is 120 Å². The number of hydrogen-bond donors (Lipinski definition) is 1. The third kappa shape index (κ3) is 3.72. The molecule has 112 valence electrons. The lowest BCUT2D eigenvalue weighted by Crippen LogP contribution is -2.59. The Morgan fingerprint density at radius 3 is 2.47 bits per heavy atom. The van der Waals surface area contributed by atoms with Gasteiger partial charge in [0, 0.05) is 31.7 Å². The van der Waals surface area contributed by atoms with Crippen LogP contribution >= 0.6 is 0 Å². The van der Waals surface area contributed by atoms with E-state index in [4.69, 9.17) is 0 Å². The fourth-order valence-corrected chi connectivity index (χ4v) is 3.98. The molecule has 0 spiro atoms. The maximum atomic E-state index is 3.78. The molecule has 0 radical (unpaired) electrons. The molecular formula is C17H34N2. The van der Waals surface area contributed by atoms with E-state index in [0.29, 0.717) is 5.41 Å². The van der Waals surface area contributed by atoms with Crippen LogP contribution in [0.5, 0.6) is 0 Å². The molecule has 0 aromatic heterocycles.